The van der Waals surface area contributed by atoms with Crippen LogP contribution in [0.2, 0.25) is 0 Å². The van der Waals surface area contributed by atoms with Gasteiger partial charge in [-0.25, -0.2) is 0 Å². The van der Waals surface area contributed by atoms with Crippen LogP contribution in [0.5, 0.6) is 0 Å². The summed E-state index contributed by atoms with van der Waals surface area (Å²) in [5.41, 5.74) is 3.21. The topological polar surface area (TPSA) is 28.7 Å². The second-order valence-electron chi connectivity index (χ2n) is 4.45. The molecule has 0 aliphatic rings. The van der Waals surface area contributed by atoms with Crippen LogP contribution in [0.1, 0.15) is 36.8 Å². The second kappa shape index (κ2) is 4.88. The molecule has 0 amide bonds. The third-order valence-electron chi connectivity index (χ3n) is 2.86. The van der Waals surface area contributed by atoms with Gasteiger partial charge in [0, 0.05) is 18.2 Å². The zero-order valence-corrected chi connectivity index (χ0v) is 10.2. The minimum absolute atomic E-state index is 0.318. The number of nitrogens with zero attached hydrogens (tertiary/aromatic N) is 2. The molecule has 0 saturated carbocycles. The van der Waals surface area contributed by atoms with E-state index in [2.05, 4.69) is 36.6 Å². The average molecular weight is 224 g/mol. The van der Waals surface area contributed by atoms with Gasteiger partial charge in [0.15, 0.2) is 0 Å². The molecular formula is C15H16N2. The van der Waals surface area contributed by atoms with Crippen LogP contribution in [-0.4, -0.2) is 4.57 Å². The van der Waals surface area contributed by atoms with Crippen molar-refractivity contribution in [2.75, 3.05) is 0 Å². The lowest BCUT2D eigenvalue weighted by molar-refractivity contribution is 0.576. The third kappa shape index (κ3) is 2.39. The molecule has 1 aromatic carbocycles. The van der Waals surface area contributed by atoms with Gasteiger partial charge in [0.05, 0.1) is 0 Å². The van der Waals surface area contributed by atoms with Crippen LogP contribution >= 0.6 is 0 Å². The first-order valence-electron chi connectivity index (χ1n) is 5.86. The van der Waals surface area contributed by atoms with Gasteiger partial charge in [-0.3, -0.25) is 0 Å². The van der Waals surface area contributed by atoms with Crippen molar-refractivity contribution in [3.05, 3.63) is 59.4 Å². The van der Waals surface area contributed by atoms with Crippen LogP contribution in [0.25, 0.3) is 0 Å². The van der Waals surface area contributed by atoms with Gasteiger partial charge in [-0.15, -0.1) is 0 Å². The molecule has 0 unspecified atom stereocenters. The Morgan fingerprint density at radius 3 is 2.41 bits per heavy atom. The number of aromatic nitrogens is 1. The lowest BCUT2D eigenvalue weighted by Gasteiger charge is -2.14. The Balaban J connectivity index is 2.34. The highest BCUT2D eigenvalue weighted by atomic mass is 15.0. The van der Waals surface area contributed by atoms with E-state index < -0.39 is 0 Å². The van der Waals surface area contributed by atoms with E-state index in [1.807, 2.05) is 30.3 Å². The Morgan fingerprint density at radius 2 is 1.82 bits per heavy atom. The summed E-state index contributed by atoms with van der Waals surface area (Å²) in [6, 6.07) is 16.9. The highest BCUT2D eigenvalue weighted by Crippen LogP contribution is 2.18. The molecule has 0 aliphatic carbocycles. The molecule has 0 spiro atoms. The number of hydrogen-bond acceptors (Lipinski definition) is 1. The molecule has 0 aliphatic heterocycles. The molecule has 0 fully saturated rings. The molecule has 86 valence electrons. The van der Waals surface area contributed by atoms with Crippen LogP contribution in [-0.2, 0) is 6.42 Å². The molecule has 2 heteroatoms. The first kappa shape index (κ1) is 11.5. The van der Waals surface area contributed by atoms with Crippen LogP contribution in [0.4, 0.5) is 0 Å². The Kier molecular flexibility index (Phi) is 3.30. The Labute approximate surface area is 102 Å². The summed E-state index contributed by atoms with van der Waals surface area (Å²) in [6.45, 7) is 4.21. The van der Waals surface area contributed by atoms with E-state index in [1.165, 1.54) is 11.3 Å². The lowest BCUT2D eigenvalue weighted by atomic mass is 10.1. The molecule has 1 heterocycles. The molecule has 17 heavy (non-hydrogen) atoms. The van der Waals surface area contributed by atoms with Crippen LogP contribution in [0.3, 0.4) is 0 Å². The normalized spacial score (nSPS) is 10.5. The average Bonchev–Trinajstić information content (AvgIpc) is 2.73. The van der Waals surface area contributed by atoms with Crippen molar-refractivity contribution in [3.63, 3.8) is 0 Å². The molecule has 0 atom stereocenters. The fraction of sp³-hybridized carbons (Fsp3) is 0.267. The maximum atomic E-state index is 9.08. The van der Waals surface area contributed by atoms with Crippen molar-refractivity contribution in [2.45, 2.75) is 26.3 Å². The summed E-state index contributed by atoms with van der Waals surface area (Å²) >= 11 is 0. The van der Waals surface area contributed by atoms with Crippen LogP contribution in [0.15, 0.2) is 42.5 Å². The summed E-state index contributed by atoms with van der Waals surface area (Å²) in [5.74, 6) is 0. The lowest BCUT2D eigenvalue weighted by Crippen LogP contribution is -2.08. The van der Waals surface area contributed by atoms with Gasteiger partial charge in [0.25, 0.3) is 0 Å². The van der Waals surface area contributed by atoms with Crippen molar-refractivity contribution >= 4 is 0 Å². The van der Waals surface area contributed by atoms with Gasteiger partial charge in [-0.05, 0) is 31.5 Å². The maximum Gasteiger partial charge on any atom is 0.120 e. The monoisotopic (exact) mass is 224 g/mol. The quantitative estimate of drug-likeness (QED) is 0.784. The predicted octanol–water partition coefficient (Wildman–Crippen LogP) is 3.53. The zero-order chi connectivity index (χ0) is 12.3. The SMILES string of the molecule is CC(C)n1c(C#N)ccc1Cc1ccccc1. The highest BCUT2D eigenvalue weighted by molar-refractivity contribution is 5.31. The first-order valence-corrected chi connectivity index (χ1v) is 5.86. The van der Waals surface area contributed by atoms with Crippen molar-refractivity contribution in [1.29, 1.82) is 5.26 Å². The maximum absolute atomic E-state index is 9.08. The minimum atomic E-state index is 0.318. The van der Waals surface area contributed by atoms with Gasteiger partial charge < -0.3 is 4.57 Å². The summed E-state index contributed by atoms with van der Waals surface area (Å²) in [5, 5.41) is 9.08. The summed E-state index contributed by atoms with van der Waals surface area (Å²) in [7, 11) is 0. The smallest absolute Gasteiger partial charge is 0.120 e. The summed E-state index contributed by atoms with van der Waals surface area (Å²) in [4.78, 5) is 0. The second-order valence-corrected chi connectivity index (χ2v) is 4.45. The van der Waals surface area contributed by atoms with Gasteiger partial charge in [0.2, 0.25) is 0 Å². The Hall–Kier alpha value is -2.01. The molecule has 0 bridgehead atoms. The largest absolute Gasteiger partial charge is 0.334 e. The molecule has 2 aromatic rings. The number of rotatable bonds is 3. The predicted molar refractivity (Wildman–Crippen MR) is 68.8 cm³/mol. The molecule has 0 N–H and O–H groups in total. The summed E-state index contributed by atoms with van der Waals surface area (Å²) < 4.78 is 2.10. The first-order chi connectivity index (χ1) is 8.22. The summed E-state index contributed by atoms with van der Waals surface area (Å²) in [6.07, 6.45) is 0.876. The van der Waals surface area contributed by atoms with E-state index in [1.54, 1.807) is 0 Å². The van der Waals surface area contributed by atoms with Gasteiger partial charge >= 0.3 is 0 Å². The molecule has 2 nitrogen and oxygen atoms in total. The Bertz CT molecular complexity index is 530. The molecule has 0 saturated heterocycles. The third-order valence-corrected chi connectivity index (χ3v) is 2.86. The van der Waals surface area contributed by atoms with E-state index in [-0.39, 0.29) is 0 Å². The zero-order valence-electron chi connectivity index (χ0n) is 10.2. The molecular weight excluding hydrogens is 208 g/mol. The van der Waals surface area contributed by atoms with Crippen LogP contribution in [0, 0.1) is 11.3 Å². The van der Waals surface area contributed by atoms with E-state index in [0.717, 1.165) is 12.1 Å². The number of benzene rings is 1. The standard InChI is InChI=1S/C15H16N2/c1-12(2)17-14(8-9-15(17)11-16)10-13-6-4-3-5-7-13/h3-9,12H,10H2,1-2H3. The minimum Gasteiger partial charge on any atom is -0.334 e. The van der Waals surface area contributed by atoms with E-state index in [0.29, 0.717) is 6.04 Å². The number of nitriles is 1. The van der Waals surface area contributed by atoms with E-state index in [4.69, 9.17) is 5.26 Å². The van der Waals surface area contributed by atoms with Crippen LogP contribution < -0.4 is 0 Å². The van der Waals surface area contributed by atoms with E-state index >= 15 is 0 Å². The molecule has 2 rings (SSSR count). The van der Waals surface area contributed by atoms with Gasteiger partial charge in [0.1, 0.15) is 11.8 Å². The van der Waals surface area contributed by atoms with Gasteiger partial charge in [-0.1, -0.05) is 30.3 Å². The molecule has 1 aromatic heterocycles. The van der Waals surface area contributed by atoms with Crippen molar-refractivity contribution in [2.24, 2.45) is 0 Å². The fourth-order valence-electron chi connectivity index (χ4n) is 2.14. The van der Waals surface area contributed by atoms with E-state index in [9.17, 15) is 0 Å². The number of hydrogen-bond donors (Lipinski definition) is 0. The molecule has 0 radical (unpaired) electrons. The Morgan fingerprint density at radius 1 is 1.12 bits per heavy atom. The highest BCUT2D eigenvalue weighted by Gasteiger charge is 2.10. The van der Waals surface area contributed by atoms with Crippen molar-refractivity contribution in [1.82, 2.24) is 4.57 Å². The fourth-order valence-corrected chi connectivity index (χ4v) is 2.14. The van der Waals surface area contributed by atoms with Crippen molar-refractivity contribution < 1.29 is 0 Å². The van der Waals surface area contributed by atoms with Gasteiger partial charge in [-0.2, -0.15) is 5.26 Å². The van der Waals surface area contributed by atoms with Crippen molar-refractivity contribution in [3.8, 4) is 6.07 Å².